The largest absolute Gasteiger partial charge is 0.356 e. The fraction of sp³-hybridized carbons (Fsp3) is 0.417. The normalized spacial score (nSPS) is 14.5. The number of carbonyl (C=O) groups excluding carboxylic acids is 1. The lowest BCUT2D eigenvalue weighted by molar-refractivity contribution is -0.121. The number of rotatable bonds is 8. The number of halogens is 2. The summed E-state index contributed by atoms with van der Waals surface area (Å²) in [6.07, 6.45) is 3.10. The molecule has 34 heavy (non-hydrogen) atoms. The highest BCUT2D eigenvalue weighted by Gasteiger charge is 2.32. The molecule has 3 N–H and O–H groups in total. The van der Waals surface area contributed by atoms with Crippen LogP contribution in [0.1, 0.15) is 64.9 Å². The van der Waals surface area contributed by atoms with Crippen LogP contribution in [0, 0.1) is 20.8 Å². The summed E-state index contributed by atoms with van der Waals surface area (Å²) in [6.45, 7) is 7.48. The molecule has 2 aromatic heterocycles. The third kappa shape index (κ3) is 5.35. The van der Waals surface area contributed by atoms with Crippen LogP contribution in [0.3, 0.4) is 0 Å². The van der Waals surface area contributed by atoms with Crippen molar-refractivity contribution in [3.8, 4) is 5.00 Å². The van der Waals surface area contributed by atoms with Crippen molar-refractivity contribution < 1.29 is 4.79 Å². The molecule has 1 aliphatic heterocycles. The number of fused-ring (bicyclic) bond motifs is 3. The first kappa shape index (κ1) is 26.3. The number of thiophene rings is 1. The minimum Gasteiger partial charge on any atom is -0.356 e. The van der Waals surface area contributed by atoms with Crippen molar-refractivity contribution in [1.29, 1.82) is 0 Å². The van der Waals surface area contributed by atoms with E-state index >= 15 is 0 Å². The first-order chi connectivity index (χ1) is 15.9. The summed E-state index contributed by atoms with van der Waals surface area (Å²) < 4.78 is 2.06. The van der Waals surface area contributed by atoms with E-state index in [1.54, 1.807) is 11.3 Å². The molecule has 3 heterocycles. The van der Waals surface area contributed by atoms with Crippen LogP contribution >= 0.6 is 35.3 Å². The van der Waals surface area contributed by atoms with Gasteiger partial charge in [0.05, 0.1) is 12.1 Å². The molecule has 0 saturated carbocycles. The first-order valence-electron chi connectivity index (χ1n) is 11.2. The lowest BCUT2D eigenvalue weighted by Gasteiger charge is -2.13. The number of nitrogens with zero attached hydrogens (tertiary/aromatic N) is 4. The van der Waals surface area contributed by atoms with Crippen LogP contribution in [0.15, 0.2) is 29.3 Å². The Morgan fingerprint density at radius 1 is 1.15 bits per heavy atom. The Hall–Kier alpha value is -2.26. The van der Waals surface area contributed by atoms with Crippen LogP contribution in [0.5, 0.6) is 0 Å². The number of unbranched alkanes of at least 4 members (excludes halogenated alkanes) is 2. The van der Waals surface area contributed by atoms with Gasteiger partial charge in [-0.2, -0.15) is 0 Å². The van der Waals surface area contributed by atoms with Crippen molar-refractivity contribution in [3.63, 3.8) is 0 Å². The molecule has 10 heteroatoms. The molecule has 0 radical (unpaired) electrons. The van der Waals surface area contributed by atoms with Crippen molar-refractivity contribution in [2.24, 2.45) is 10.7 Å². The van der Waals surface area contributed by atoms with Gasteiger partial charge in [-0.15, -0.1) is 33.9 Å². The maximum absolute atomic E-state index is 12.8. The van der Waals surface area contributed by atoms with Crippen LogP contribution in [-0.2, 0) is 4.79 Å². The zero-order valence-electron chi connectivity index (χ0n) is 19.6. The number of aryl methyl sites for hydroxylation is 2. The minimum absolute atomic E-state index is 0. The molecule has 182 valence electrons. The molecule has 3 aromatic rings. The van der Waals surface area contributed by atoms with Gasteiger partial charge in [-0.1, -0.05) is 30.2 Å². The second-order valence-electron chi connectivity index (χ2n) is 8.31. The second-order valence-corrected chi connectivity index (χ2v) is 9.95. The molecule has 0 aliphatic carbocycles. The molecule has 0 saturated heterocycles. The Bertz CT molecular complexity index is 1190. The number of hydrogen-bond acceptors (Lipinski definition) is 6. The van der Waals surface area contributed by atoms with Crippen molar-refractivity contribution in [2.45, 2.75) is 52.5 Å². The summed E-state index contributed by atoms with van der Waals surface area (Å²) in [6, 6.07) is 7.25. The topological polar surface area (TPSA) is 98.2 Å². The lowest BCUT2D eigenvalue weighted by Crippen LogP contribution is -2.26. The molecule has 0 unspecified atom stereocenters. The Labute approximate surface area is 215 Å². The van der Waals surface area contributed by atoms with Crippen LogP contribution < -0.4 is 11.1 Å². The second kappa shape index (κ2) is 11.4. The maximum Gasteiger partial charge on any atom is 0.222 e. The maximum atomic E-state index is 12.8. The molecular weight excluding hydrogens is 491 g/mol. The Morgan fingerprint density at radius 2 is 1.88 bits per heavy atom. The summed E-state index contributed by atoms with van der Waals surface area (Å²) in [5, 5.41) is 13.5. The number of aliphatic imine (C=N–C) groups is 1. The Balaban J connectivity index is 0.00000324. The van der Waals surface area contributed by atoms with Gasteiger partial charge >= 0.3 is 0 Å². The molecule has 0 fully saturated rings. The van der Waals surface area contributed by atoms with Crippen molar-refractivity contribution in [3.05, 3.63) is 62.5 Å². The van der Waals surface area contributed by atoms with Crippen LogP contribution in [0.25, 0.3) is 5.00 Å². The third-order valence-electron chi connectivity index (χ3n) is 5.94. The number of nitrogens with two attached hydrogens (primary N) is 1. The number of amides is 1. The van der Waals surface area contributed by atoms with Crippen molar-refractivity contribution in [2.75, 3.05) is 13.1 Å². The lowest BCUT2D eigenvalue weighted by atomic mass is 9.99. The van der Waals surface area contributed by atoms with Crippen LogP contribution in [-0.4, -0.2) is 39.5 Å². The fourth-order valence-corrected chi connectivity index (χ4v) is 5.39. The highest BCUT2D eigenvalue weighted by molar-refractivity contribution is 7.15. The molecule has 7 nitrogen and oxygen atoms in total. The van der Waals surface area contributed by atoms with Gasteiger partial charge in [0, 0.05) is 27.6 Å². The third-order valence-corrected chi connectivity index (χ3v) is 7.38. The highest BCUT2D eigenvalue weighted by atomic mass is 35.5. The van der Waals surface area contributed by atoms with E-state index in [0.29, 0.717) is 23.9 Å². The Morgan fingerprint density at radius 3 is 2.59 bits per heavy atom. The van der Waals surface area contributed by atoms with E-state index in [4.69, 9.17) is 22.3 Å². The SMILES string of the molecule is Cc1sc2c(c1C)C(c1ccc(Cl)cc1)=N[C@@H](CC(=O)NCCCCCN)c1nnc(C)n1-2.Cl. The molecule has 4 rings (SSSR count). The van der Waals surface area contributed by atoms with E-state index in [-0.39, 0.29) is 24.7 Å². The van der Waals surface area contributed by atoms with E-state index in [1.807, 2.05) is 31.2 Å². The summed E-state index contributed by atoms with van der Waals surface area (Å²) in [4.78, 5) is 19.2. The van der Waals surface area contributed by atoms with Crippen molar-refractivity contribution in [1.82, 2.24) is 20.1 Å². The summed E-state index contributed by atoms with van der Waals surface area (Å²) in [5.74, 6) is 1.43. The van der Waals surface area contributed by atoms with Gasteiger partial charge in [-0.3, -0.25) is 14.4 Å². The summed E-state index contributed by atoms with van der Waals surface area (Å²) >= 11 is 7.85. The van der Waals surface area contributed by atoms with Crippen molar-refractivity contribution >= 4 is 47.0 Å². The van der Waals surface area contributed by atoms with Gasteiger partial charge in [0.1, 0.15) is 16.9 Å². The van der Waals surface area contributed by atoms with Gasteiger partial charge in [0.25, 0.3) is 0 Å². The zero-order chi connectivity index (χ0) is 23.5. The van der Waals surface area contributed by atoms with E-state index in [2.05, 4.69) is 33.9 Å². The summed E-state index contributed by atoms with van der Waals surface area (Å²) in [5.41, 5.74) is 9.61. The molecule has 0 spiro atoms. The van der Waals surface area contributed by atoms with E-state index < -0.39 is 6.04 Å². The molecule has 0 bridgehead atoms. The van der Waals surface area contributed by atoms with E-state index in [9.17, 15) is 4.79 Å². The zero-order valence-corrected chi connectivity index (χ0v) is 22.0. The molecule has 1 aromatic carbocycles. The first-order valence-corrected chi connectivity index (χ1v) is 12.4. The molecule has 1 amide bonds. The predicted molar refractivity (Wildman–Crippen MR) is 141 cm³/mol. The molecule has 1 aliphatic rings. The van der Waals surface area contributed by atoms with Gasteiger partial charge in [0.2, 0.25) is 5.91 Å². The quantitative estimate of drug-likeness (QED) is 0.414. The molecular formula is C24H30Cl2N6OS. The molecule has 1 atom stereocenters. The fourth-order valence-electron chi connectivity index (χ4n) is 4.05. The number of benzene rings is 1. The van der Waals surface area contributed by atoms with E-state index in [1.165, 1.54) is 10.4 Å². The number of nitrogens with one attached hydrogen (secondary N) is 1. The average Bonchev–Trinajstić information content (AvgIpc) is 3.26. The van der Waals surface area contributed by atoms with Gasteiger partial charge in [-0.05, 0) is 57.9 Å². The number of carbonyl (C=O) groups is 1. The monoisotopic (exact) mass is 520 g/mol. The predicted octanol–water partition coefficient (Wildman–Crippen LogP) is 4.86. The Kier molecular flexibility index (Phi) is 8.87. The smallest absolute Gasteiger partial charge is 0.222 e. The van der Waals surface area contributed by atoms with Crippen LogP contribution in [0.2, 0.25) is 5.02 Å². The van der Waals surface area contributed by atoms with Gasteiger partial charge in [0.15, 0.2) is 5.82 Å². The standard InChI is InChI=1S/C24H29ClN6OS.ClH/c1-14-15(2)33-24-21(14)22(17-7-9-18(25)10-8-17)28-19(23-30-29-16(3)31(23)24)13-20(32)27-12-6-4-5-11-26;/h7-10,19H,4-6,11-13,26H2,1-3H3,(H,27,32);1H/t19-;/m0./s1. The van der Waals surface area contributed by atoms with E-state index in [0.717, 1.165) is 46.9 Å². The average molecular weight is 522 g/mol. The van der Waals surface area contributed by atoms with Gasteiger partial charge in [-0.25, -0.2) is 0 Å². The number of hydrogen-bond donors (Lipinski definition) is 2. The number of aromatic nitrogens is 3. The highest BCUT2D eigenvalue weighted by Crippen LogP contribution is 2.39. The van der Waals surface area contributed by atoms with Gasteiger partial charge < -0.3 is 11.1 Å². The summed E-state index contributed by atoms with van der Waals surface area (Å²) in [7, 11) is 0. The van der Waals surface area contributed by atoms with Crippen LogP contribution in [0.4, 0.5) is 0 Å². The minimum atomic E-state index is -0.444.